The van der Waals surface area contributed by atoms with Crippen molar-refractivity contribution >= 4 is 11.9 Å². The molecule has 0 saturated carbocycles. The van der Waals surface area contributed by atoms with Gasteiger partial charge in [-0.2, -0.15) is 0 Å². The molecule has 2 aromatic carbocycles. The Bertz CT molecular complexity index is 1010. The minimum atomic E-state index is -0.348. The maximum absolute atomic E-state index is 11.5. The van der Waals surface area contributed by atoms with E-state index in [0.717, 1.165) is 30.6 Å². The second kappa shape index (κ2) is 11.8. The number of carbonyl (C=O) groups is 2. The molecule has 0 spiro atoms. The second-order valence-corrected chi connectivity index (χ2v) is 7.45. The third kappa shape index (κ3) is 6.25. The Morgan fingerprint density at radius 2 is 1.62 bits per heavy atom. The summed E-state index contributed by atoms with van der Waals surface area (Å²) in [4.78, 5) is 27.1. The summed E-state index contributed by atoms with van der Waals surface area (Å²) < 4.78 is 9.47. The maximum Gasteiger partial charge on any atom is 0.337 e. The number of esters is 2. The Hall–Kier alpha value is -3.51. The Morgan fingerprint density at radius 1 is 0.938 bits per heavy atom. The van der Waals surface area contributed by atoms with Gasteiger partial charge in [0.2, 0.25) is 0 Å². The number of benzene rings is 2. The molecule has 2 heterocycles. The van der Waals surface area contributed by atoms with Crippen molar-refractivity contribution in [1.82, 2.24) is 10.3 Å². The van der Waals surface area contributed by atoms with E-state index in [1.165, 1.54) is 19.8 Å². The van der Waals surface area contributed by atoms with Crippen LogP contribution in [0.2, 0.25) is 0 Å². The minimum absolute atomic E-state index is 0.0384. The number of hydrogen-bond acceptors (Lipinski definition) is 6. The normalized spacial score (nSPS) is 17.4. The summed E-state index contributed by atoms with van der Waals surface area (Å²) in [6.07, 6.45) is 3.31. The molecule has 3 aromatic rings. The van der Waals surface area contributed by atoms with Gasteiger partial charge in [-0.05, 0) is 37.1 Å². The van der Waals surface area contributed by atoms with Gasteiger partial charge in [-0.1, -0.05) is 60.7 Å². The molecule has 1 aliphatic heterocycles. The highest BCUT2D eigenvalue weighted by molar-refractivity contribution is 5.90. The van der Waals surface area contributed by atoms with Crippen molar-refractivity contribution < 1.29 is 19.1 Å². The van der Waals surface area contributed by atoms with E-state index in [1.54, 1.807) is 18.3 Å². The Kier molecular flexibility index (Phi) is 8.52. The molecule has 1 aliphatic rings. The van der Waals surface area contributed by atoms with Crippen molar-refractivity contribution in [3.63, 3.8) is 0 Å². The molecule has 32 heavy (non-hydrogen) atoms. The van der Waals surface area contributed by atoms with E-state index in [0.29, 0.717) is 5.56 Å². The summed E-state index contributed by atoms with van der Waals surface area (Å²) in [5.74, 6) is -0.390. The van der Waals surface area contributed by atoms with Crippen LogP contribution < -0.4 is 5.32 Å². The van der Waals surface area contributed by atoms with E-state index in [-0.39, 0.29) is 23.9 Å². The number of aromatic nitrogens is 1. The zero-order chi connectivity index (χ0) is 22.8. The van der Waals surface area contributed by atoms with Gasteiger partial charge in [-0.3, -0.25) is 9.78 Å². The lowest BCUT2D eigenvalue weighted by atomic mass is 9.89. The Balaban J connectivity index is 0.000000181. The van der Waals surface area contributed by atoms with Crippen LogP contribution >= 0.6 is 0 Å². The van der Waals surface area contributed by atoms with Crippen LogP contribution in [0.4, 0.5) is 0 Å². The quantitative estimate of drug-likeness (QED) is 0.615. The van der Waals surface area contributed by atoms with Gasteiger partial charge in [0.15, 0.2) is 0 Å². The molecule has 0 aliphatic carbocycles. The first kappa shape index (κ1) is 23.2. The van der Waals surface area contributed by atoms with Gasteiger partial charge >= 0.3 is 11.9 Å². The first-order chi connectivity index (χ1) is 15.6. The molecule has 6 heteroatoms. The molecular formula is C26H28N2O4. The summed E-state index contributed by atoms with van der Waals surface area (Å²) in [6, 6.07) is 23.6. The van der Waals surface area contributed by atoms with Crippen LogP contribution in [0.3, 0.4) is 0 Å². The van der Waals surface area contributed by atoms with Gasteiger partial charge in [0.1, 0.15) is 0 Å². The average molecular weight is 433 g/mol. The van der Waals surface area contributed by atoms with E-state index in [1.807, 2.05) is 48.5 Å². The molecule has 1 fully saturated rings. The Morgan fingerprint density at radius 3 is 2.28 bits per heavy atom. The van der Waals surface area contributed by atoms with Crippen LogP contribution in [0, 0.1) is 5.92 Å². The fourth-order valence-corrected chi connectivity index (χ4v) is 3.68. The standard InChI is InChI=1S/C13H17NO2.C13H11NO2/c2*1-16-13(15)11-7-8-14-12(9-11)10-5-3-2-4-6-10/h2-6,11-12,14H,7-9H2,1H3;2-9H,1H3. The number of piperidine rings is 1. The number of rotatable bonds is 4. The SMILES string of the molecule is COC(=O)C1CCNC(c2ccccc2)C1.COC(=O)c1ccnc(-c2ccccc2)c1. The number of ether oxygens (including phenoxy) is 2. The van der Waals surface area contributed by atoms with Gasteiger partial charge in [-0.25, -0.2) is 4.79 Å². The fourth-order valence-electron chi connectivity index (χ4n) is 3.68. The first-order valence-corrected chi connectivity index (χ1v) is 10.6. The van der Waals surface area contributed by atoms with Crippen LogP contribution in [-0.2, 0) is 14.3 Å². The van der Waals surface area contributed by atoms with E-state index in [4.69, 9.17) is 4.74 Å². The highest BCUT2D eigenvalue weighted by atomic mass is 16.5. The molecule has 6 nitrogen and oxygen atoms in total. The van der Waals surface area contributed by atoms with Gasteiger partial charge in [0.05, 0.1) is 31.4 Å². The fraction of sp³-hybridized carbons (Fsp3) is 0.269. The topological polar surface area (TPSA) is 77.5 Å². The number of methoxy groups -OCH3 is 2. The van der Waals surface area contributed by atoms with E-state index in [2.05, 4.69) is 27.2 Å². The van der Waals surface area contributed by atoms with Crippen LogP contribution in [0.1, 0.15) is 34.8 Å². The lowest BCUT2D eigenvalue weighted by molar-refractivity contribution is -0.146. The number of hydrogen-bond donors (Lipinski definition) is 1. The maximum atomic E-state index is 11.5. The molecule has 1 N–H and O–H groups in total. The summed E-state index contributed by atoms with van der Waals surface area (Å²) in [6.45, 7) is 0.874. The number of pyridine rings is 1. The number of nitrogens with one attached hydrogen (secondary N) is 1. The molecule has 0 amide bonds. The molecule has 1 saturated heterocycles. The van der Waals surface area contributed by atoms with E-state index in [9.17, 15) is 9.59 Å². The van der Waals surface area contributed by atoms with Crippen LogP contribution in [0.5, 0.6) is 0 Å². The monoisotopic (exact) mass is 432 g/mol. The zero-order valence-corrected chi connectivity index (χ0v) is 18.4. The van der Waals surface area contributed by atoms with Crippen LogP contribution in [0.25, 0.3) is 11.3 Å². The van der Waals surface area contributed by atoms with Gasteiger partial charge in [-0.15, -0.1) is 0 Å². The molecule has 0 bridgehead atoms. The lowest BCUT2D eigenvalue weighted by Gasteiger charge is -2.29. The van der Waals surface area contributed by atoms with Crippen LogP contribution in [0.15, 0.2) is 79.0 Å². The smallest absolute Gasteiger partial charge is 0.337 e. The predicted molar refractivity (Wildman–Crippen MR) is 123 cm³/mol. The summed E-state index contributed by atoms with van der Waals surface area (Å²) in [5, 5.41) is 3.44. The Labute approximate surface area is 188 Å². The molecule has 1 aromatic heterocycles. The van der Waals surface area contributed by atoms with Crippen LogP contribution in [-0.4, -0.2) is 37.7 Å². The second-order valence-electron chi connectivity index (χ2n) is 7.45. The number of nitrogens with zero attached hydrogens (tertiary/aromatic N) is 1. The van der Waals surface area contributed by atoms with Crippen molar-refractivity contribution in [1.29, 1.82) is 0 Å². The summed E-state index contributed by atoms with van der Waals surface area (Å²) in [7, 11) is 2.83. The molecule has 2 unspecified atom stereocenters. The van der Waals surface area contributed by atoms with Crippen molar-refractivity contribution in [2.45, 2.75) is 18.9 Å². The predicted octanol–water partition coefficient (Wildman–Crippen LogP) is 4.44. The molecule has 0 radical (unpaired) electrons. The van der Waals surface area contributed by atoms with Crippen molar-refractivity contribution in [2.75, 3.05) is 20.8 Å². The molecular weight excluding hydrogens is 404 g/mol. The van der Waals surface area contributed by atoms with Crippen molar-refractivity contribution in [3.05, 3.63) is 90.1 Å². The highest BCUT2D eigenvalue weighted by Gasteiger charge is 2.28. The summed E-state index contributed by atoms with van der Waals surface area (Å²) >= 11 is 0. The molecule has 166 valence electrons. The van der Waals surface area contributed by atoms with Gasteiger partial charge in [0, 0.05) is 17.8 Å². The number of carbonyl (C=O) groups excluding carboxylic acids is 2. The largest absolute Gasteiger partial charge is 0.469 e. The van der Waals surface area contributed by atoms with E-state index < -0.39 is 0 Å². The lowest BCUT2D eigenvalue weighted by Crippen LogP contribution is -2.35. The summed E-state index contributed by atoms with van der Waals surface area (Å²) in [5.41, 5.74) is 3.50. The van der Waals surface area contributed by atoms with Crippen molar-refractivity contribution in [3.8, 4) is 11.3 Å². The third-order valence-corrected chi connectivity index (χ3v) is 5.39. The van der Waals surface area contributed by atoms with E-state index >= 15 is 0 Å². The average Bonchev–Trinajstić information content (AvgIpc) is 2.89. The zero-order valence-electron chi connectivity index (χ0n) is 18.4. The van der Waals surface area contributed by atoms with Gasteiger partial charge in [0.25, 0.3) is 0 Å². The third-order valence-electron chi connectivity index (χ3n) is 5.39. The highest BCUT2D eigenvalue weighted by Crippen LogP contribution is 2.27. The minimum Gasteiger partial charge on any atom is -0.469 e. The van der Waals surface area contributed by atoms with Gasteiger partial charge < -0.3 is 14.8 Å². The molecule has 4 rings (SSSR count). The molecule has 2 atom stereocenters. The first-order valence-electron chi connectivity index (χ1n) is 10.6. The van der Waals surface area contributed by atoms with Crippen molar-refractivity contribution in [2.24, 2.45) is 5.92 Å².